The molecule has 1 saturated heterocycles. The van der Waals surface area contributed by atoms with Crippen LogP contribution < -0.4 is 4.74 Å². The summed E-state index contributed by atoms with van der Waals surface area (Å²) in [5.74, 6) is 1.09. The molecule has 0 radical (unpaired) electrons. The molecule has 2 aliphatic heterocycles. The van der Waals surface area contributed by atoms with E-state index >= 15 is 0 Å². The summed E-state index contributed by atoms with van der Waals surface area (Å²) in [6, 6.07) is 11.6. The molecule has 5 nitrogen and oxygen atoms in total. The van der Waals surface area contributed by atoms with Gasteiger partial charge in [0, 0.05) is 44.0 Å². The predicted molar refractivity (Wildman–Crippen MR) is 104 cm³/mol. The first-order valence-corrected chi connectivity index (χ1v) is 9.70. The monoisotopic (exact) mass is 360 g/mol. The highest BCUT2D eigenvalue weighted by Gasteiger charge is 2.27. The first-order chi connectivity index (χ1) is 13.3. The van der Waals surface area contributed by atoms with E-state index < -0.39 is 0 Å². The highest BCUT2D eigenvalue weighted by molar-refractivity contribution is 5.56. The molecule has 0 bridgehead atoms. The number of hydrogen-bond acceptors (Lipinski definition) is 4. The van der Waals surface area contributed by atoms with Crippen molar-refractivity contribution in [2.45, 2.75) is 31.8 Å². The summed E-state index contributed by atoms with van der Waals surface area (Å²) in [5, 5.41) is 4.23. The zero-order chi connectivity index (χ0) is 18.2. The van der Waals surface area contributed by atoms with Crippen LogP contribution in [0, 0.1) is 0 Å². The minimum Gasteiger partial charge on any atom is -0.493 e. The van der Waals surface area contributed by atoms with E-state index in [1.54, 1.807) is 4.68 Å². The maximum atomic E-state index is 5.77. The smallest absolute Gasteiger partial charge is 0.122 e. The van der Waals surface area contributed by atoms with Crippen molar-refractivity contribution in [3.8, 4) is 17.0 Å². The summed E-state index contributed by atoms with van der Waals surface area (Å²) in [5.41, 5.74) is 6.01. The van der Waals surface area contributed by atoms with Crippen molar-refractivity contribution in [3.05, 3.63) is 65.6 Å². The summed E-state index contributed by atoms with van der Waals surface area (Å²) >= 11 is 0. The zero-order valence-electron chi connectivity index (χ0n) is 15.6. The Labute approximate surface area is 159 Å². The summed E-state index contributed by atoms with van der Waals surface area (Å²) in [7, 11) is 1.93. The molecule has 4 heterocycles. The van der Waals surface area contributed by atoms with Gasteiger partial charge >= 0.3 is 0 Å². The Morgan fingerprint density at radius 1 is 1.19 bits per heavy atom. The van der Waals surface area contributed by atoms with E-state index in [0.717, 1.165) is 43.1 Å². The maximum absolute atomic E-state index is 5.77. The molecule has 5 rings (SSSR count). The van der Waals surface area contributed by atoms with Gasteiger partial charge in [-0.2, -0.15) is 5.10 Å². The summed E-state index contributed by atoms with van der Waals surface area (Å²) in [6.07, 6.45) is 9.34. The topological polar surface area (TPSA) is 43.2 Å². The molecule has 5 heteroatoms. The molecule has 0 unspecified atom stereocenters. The molecular formula is C22H24N4O. The van der Waals surface area contributed by atoms with E-state index in [1.165, 1.54) is 29.5 Å². The highest BCUT2D eigenvalue weighted by atomic mass is 16.5. The van der Waals surface area contributed by atoms with Crippen LogP contribution in [0.15, 0.2) is 48.9 Å². The standard InChI is InChI=1S/C22H24N4O/c1-25-15-19(13-24-25)20-7-4-16(12-23-20)14-26-9-2-3-21(26)18-6-5-17-8-10-27-22(17)11-18/h4-7,11-13,15,21H,2-3,8-10,14H2,1H3/t21-/m1/s1. The molecule has 0 amide bonds. The van der Waals surface area contributed by atoms with Crippen LogP contribution in [0.1, 0.15) is 35.6 Å². The Bertz CT molecular complexity index is 947. The number of likely N-dealkylation sites (tertiary alicyclic amines) is 1. The predicted octanol–water partition coefficient (Wildman–Crippen LogP) is 3.75. The van der Waals surface area contributed by atoms with E-state index in [9.17, 15) is 0 Å². The van der Waals surface area contributed by atoms with Crippen molar-refractivity contribution in [3.63, 3.8) is 0 Å². The van der Waals surface area contributed by atoms with E-state index in [0.29, 0.717) is 6.04 Å². The van der Waals surface area contributed by atoms with E-state index in [4.69, 9.17) is 4.74 Å². The van der Waals surface area contributed by atoms with E-state index in [2.05, 4.69) is 45.3 Å². The van der Waals surface area contributed by atoms with Crippen molar-refractivity contribution in [2.75, 3.05) is 13.2 Å². The minimum absolute atomic E-state index is 0.470. The van der Waals surface area contributed by atoms with Gasteiger partial charge in [-0.15, -0.1) is 0 Å². The SMILES string of the molecule is Cn1cc(-c2ccc(CN3CCC[C@@H]3c3ccc4c(c3)OCC4)cn2)cn1. The quantitative estimate of drug-likeness (QED) is 0.711. The fourth-order valence-electron chi connectivity index (χ4n) is 4.26. The Hall–Kier alpha value is -2.66. The lowest BCUT2D eigenvalue weighted by molar-refractivity contribution is 0.247. The molecule has 0 spiro atoms. The van der Waals surface area contributed by atoms with Crippen LogP contribution in [0.2, 0.25) is 0 Å². The number of fused-ring (bicyclic) bond motifs is 1. The molecule has 3 aromatic rings. The molecule has 138 valence electrons. The second-order valence-electron chi connectivity index (χ2n) is 7.55. The Balaban J connectivity index is 1.32. The third-order valence-electron chi connectivity index (χ3n) is 5.68. The fourth-order valence-corrected chi connectivity index (χ4v) is 4.26. The van der Waals surface area contributed by atoms with Gasteiger partial charge in [0.15, 0.2) is 0 Å². The maximum Gasteiger partial charge on any atom is 0.122 e. The number of pyridine rings is 1. The van der Waals surface area contributed by atoms with Gasteiger partial charge in [-0.3, -0.25) is 14.6 Å². The van der Waals surface area contributed by atoms with Crippen LogP contribution in [0.25, 0.3) is 11.3 Å². The number of aryl methyl sites for hydroxylation is 1. The van der Waals surface area contributed by atoms with Crippen LogP contribution in [0.4, 0.5) is 0 Å². The number of benzene rings is 1. The first-order valence-electron chi connectivity index (χ1n) is 9.70. The molecule has 0 saturated carbocycles. The van der Waals surface area contributed by atoms with Crippen molar-refractivity contribution >= 4 is 0 Å². The van der Waals surface area contributed by atoms with Crippen LogP contribution in [0.5, 0.6) is 5.75 Å². The van der Waals surface area contributed by atoms with E-state index in [-0.39, 0.29) is 0 Å². The Morgan fingerprint density at radius 2 is 2.15 bits per heavy atom. The molecule has 2 aliphatic rings. The van der Waals surface area contributed by atoms with Crippen LogP contribution >= 0.6 is 0 Å². The molecule has 1 atom stereocenters. The third kappa shape index (κ3) is 3.23. The fraction of sp³-hybridized carbons (Fsp3) is 0.364. The molecule has 27 heavy (non-hydrogen) atoms. The number of nitrogens with zero attached hydrogens (tertiary/aromatic N) is 4. The number of aromatic nitrogens is 3. The minimum atomic E-state index is 0.470. The van der Waals surface area contributed by atoms with Gasteiger partial charge in [-0.1, -0.05) is 18.2 Å². The van der Waals surface area contributed by atoms with Crippen molar-refractivity contribution < 1.29 is 4.74 Å². The summed E-state index contributed by atoms with van der Waals surface area (Å²) in [4.78, 5) is 7.22. The van der Waals surface area contributed by atoms with Crippen LogP contribution in [-0.4, -0.2) is 32.8 Å². The Morgan fingerprint density at radius 3 is 2.96 bits per heavy atom. The van der Waals surface area contributed by atoms with Crippen LogP contribution in [0.3, 0.4) is 0 Å². The van der Waals surface area contributed by atoms with Gasteiger partial charge < -0.3 is 4.74 Å². The molecule has 0 aliphatic carbocycles. The molecular weight excluding hydrogens is 336 g/mol. The van der Waals surface area contributed by atoms with Crippen molar-refractivity contribution in [1.82, 2.24) is 19.7 Å². The number of ether oxygens (including phenoxy) is 1. The van der Waals surface area contributed by atoms with Crippen LogP contribution in [-0.2, 0) is 20.0 Å². The van der Waals surface area contributed by atoms with Crippen molar-refractivity contribution in [1.29, 1.82) is 0 Å². The van der Waals surface area contributed by atoms with Crippen molar-refractivity contribution in [2.24, 2.45) is 7.05 Å². The van der Waals surface area contributed by atoms with Gasteiger partial charge in [-0.25, -0.2) is 0 Å². The van der Waals surface area contributed by atoms with Gasteiger partial charge in [0.1, 0.15) is 5.75 Å². The van der Waals surface area contributed by atoms with Gasteiger partial charge in [-0.05, 0) is 48.2 Å². The molecule has 2 aromatic heterocycles. The molecule has 1 fully saturated rings. The summed E-state index contributed by atoms with van der Waals surface area (Å²) in [6.45, 7) is 2.89. The van der Waals surface area contributed by atoms with Gasteiger partial charge in [0.2, 0.25) is 0 Å². The lowest BCUT2D eigenvalue weighted by Crippen LogP contribution is -2.22. The molecule has 0 N–H and O–H groups in total. The zero-order valence-corrected chi connectivity index (χ0v) is 15.6. The van der Waals surface area contributed by atoms with Gasteiger partial charge in [0.25, 0.3) is 0 Å². The third-order valence-corrected chi connectivity index (χ3v) is 5.68. The summed E-state index contributed by atoms with van der Waals surface area (Å²) < 4.78 is 7.58. The second kappa shape index (κ2) is 6.82. The molecule has 1 aromatic carbocycles. The number of rotatable bonds is 4. The van der Waals surface area contributed by atoms with Gasteiger partial charge in [0.05, 0.1) is 18.5 Å². The number of hydrogen-bond donors (Lipinski definition) is 0. The second-order valence-corrected chi connectivity index (χ2v) is 7.55. The highest BCUT2D eigenvalue weighted by Crippen LogP contribution is 2.36. The lowest BCUT2D eigenvalue weighted by atomic mass is 10.0. The average Bonchev–Trinajstić information content (AvgIpc) is 3.42. The average molecular weight is 360 g/mol. The van der Waals surface area contributed by atoms with E-state index in [1.807, 2.05) is 25.6 Å². The first kappa shape index (κ1) is 16.5. The Kier molecular flexibility index (Phi) is 4.17. The lowest BCUT2D eigenvalue weighted by Gasteiger charge is -2.25. The largest absolute Gasteiger partial charge is 0.493 e. The normalized spacial score (nSPS) is 19.2.